The topological polar surface area (TPSA) is 21.3 Å². The maximum atomic E-state index is 6.09. The summed E-state index contributed by atoms with van der Waals surface area (Å²) in [7, 11) is 0. The van der Waals surface area contributed by atoms with Gasteiger partial charge < -0.3 is 10.1 Å². The fourth-order valence-corrected chi connectivity index (χ4v) is 2.54. The van der Waals surface area contributed by atoms with E-state index in [1.54, 1.807) is 0 Å². The highest BCUT2D eigenvalue weighted by Crippen LogP contribution is 2.24. The van der Waals surface area contributed by atoms with Gasteiger partial charge in [-0.2, -0.15) is 0 Å². The summed E-state index contributed by atoms with van der Waals surface area (Å²) in [5.74, 6) is 0. The smallest absolute Gasteiger partial charge is 0.0664 e. The largest absolute Gasteiger partial charge is 0.377 e. The van der Waals surface area contributed by atoms with Crippen molar-refractivity contribution in [2.75, 3.05) is 13.2 Å². The van der Waals surface area contributed by atoms with Gasteiger partial charge in [-0.05, 0) is 50.6 Å². The lowest BCUT2D eigenvalue weighted by Gasteiger charge is -2.21. The molecule has 1 atom stereocenters. The molecule has 0 aromatic heterocycles. The Morgan fingerprint density at radius 3 is 2.61 bits per heavy atom. The van der Waals surface area contributed by atoms with E-state index >= 15 is 0 Å². The van der Waals surface area contributed by atoms with Crippen molar-refractivity contribution in [3.63, 3.8) is 0 Å². The molecule has 0 saturated heterocycles. The van der Waals surface area contributed by atoms with E-state index in [0.717, 1.165) is 28.0 Å². The third kappa shape index (κ3) is 5.70. The average Bonchev–Trinajstić information content (AvgIpc) is 2.27. The van der Waals surface area contributed by atoms with Crippen LogP contribution < -0.4 is 5.32 Å². The van der Waals surface area contributed by atoms with Gasteiger partial charge in [-0.3, -0.25) is 0 Å². The quantitative estimate of drug-likeness (QED) is 0.788. The number of benzene rings is 1. The minimum absolute atomic E-state index is 0.183. The molecule has 1 aromatic carbocycles. The van der Waals surface area contributed by atoms with Gasteiger partial charge in [-0.25, -0.2) is 0 Å². The van der Waals surface area contributed by atoms with Gasteiger partial charge in [-0.1, -0.05) is 34.5 Å². The Labute approximate surface area is 123 Å². The molecule has 1 rings (SSSR count). The molecular weight excluding hydrogens is 314 g/mol. The van der Waals surface area contributed by atoms with Crippen molar-refractivity contribution in [1.82, 2.24) is 5.32 Å². The maximum Gasteiger partial charge on any atom is 0.0664 e. The molecule has 0 radical (unpaired) electrons. The van der Waals surface area contributed by atoms with E-state index in [1.807, 2.05) is 26.0 Å². The van der Waals surface area contributed by atoms with Gasteiger partial charge in [0.2, 0.25) is 0 Å². The molecule has 0 spiro atoms. The van der Waals surface area contributed by atoms with E-state index in [0.29, 0.717) is 6.61 Å². The zero-order chi connectivity index (χ0) is 13.5. The molecule has 18 heavy (non-hydrogen) atoms. The van der Waals surface area contributed by atoms with Crippen molar-refractivity contribution in [3.05, 3.63) is 33.3 Å². The number of hydrogen-bond donors (Lipinski definition) is 1. The van der Waals surface area contributed by atoms with Crippen LogP contribution in [0.4, 0.5) is 0 Å². The predicted molar refractivity (Wildman–Crippen MR) is 81.3 cm³/mol. The summed E-state index contributed by atoms with van der Waals surface area (Å²) in [5.41, 5.74) is 1.16. The first kappa shape index (κ1) is 16.0. The summed E-state index contributed by atoms with van der Waals surface area (Å²) in [6.45, 7) is 7.87. The second-order valence-corrected chi connectivity index (χ2v) is 5.94. The predicted octanol–water partition coefficient (Wildman–Crippen LogP) is 4.57. The van der Waals surface area contributed by atoms with Crippen LogP contribution in [-0.2, 0) is 4.74 Å². The molecule has 0 amide bonds. The van der Waals surface area contributed by atoms with Crippen molar-refractivity contribution in [1.29, 1.82) is 0 Å². The Bertz CT molecular complexity index is 351. The summed E-state index contributed by atoms with van der Waals surface area (Å²) in [5, 5.41) is 4.23. The number of ether oxygens (including phenoxy) is 1. The van der Waals surface area contributed by atoms with Crippen LogP contribution in [0.2, 0.25) is 5.02 Å². The highest BCUT2D eigenvalue weighted by Gasteiger charge is 2.13. The standard InChI is InChI=1S/C14H21BrClNO/c1-4-5-17-14(9-18-10(2)3)11-6-12(15)8-13(16)7-11/h6-8,10,14,17H,4-5,9H2,1-3H3. The van der Waals surface area contributed by atoms with E-state index in [9.17, 15) is 0 Å². The van der Waals surface area contributed by atoms with Gasteiger partial charge in [0.1, 0.15) is 0 Å². The van der Waals surface area contributed by atoms with Gasteiger partial charge in [0.25, 0.3) is 0 Å². The van der Waals surface area contributed by atoms with Crippen LogP contribution in [0.5, 0.6) is 0 Å². The van der Waals surface area contributed by atoms with E-state index in [2.05, 4.69) is 34.2 Å². The van der Waals surface area contributed by atoms with Crippen LogP contribution in [0.25, 0.3) is 0 Å². The van der Waals surface area contributed by atoms with Gasteiger partial charge in [0.15, 0.2) is 0 Å². The molecule has 1 unspecified atom stereocenters. The zero-order valence-electron chi connectivity index (χ0n) is 11.2. The Kier molecular flexibility index (Phi) is 7.23. The highest BCUT2D eigenvalue weighted by atomic mass is 79.9. The molecule has 0 aliphatic heterocycles. The number of rotatable bonds is 7. The van der Waals surface area contributed by atoms with Crippen molar-refractivity contribution in [2.24, 2.45) is 0 Å². The van der Waals surface area contributed by atoms with Gasteiger partial charge in [-0.15, -0.1) is 0 Å². The summed E-state index contributed by atoms with van der Waals surface area (Å²) in [6, 6.07) is 6.15. The van der Waals surface area contributed by atoms with Gasteiger partial charge >= 0.3 is 0 Å². The van der Waals surface area contributed by atoms with Gasteiger partial charge in [0.05, 0.1) is 18.8 Å². The lowest BCUT2D eigenvalue weighted by molar-refractivity contribution is 0.0611. The van der Waals surface area contributed by atoms with E-state index in [-0.39, 0.29) is 12.1 Å². The van der Waals surface area contributed by atoms with Crippen LogP contribution in [0.1, 0.15) is 38.8 Å². The molecule has 102 valence electrons. The highest BCUT2D eigenvalue weighted by molar-refractivity contribution is 9.10. The minimum Gasteiger partial charge on any atom is -0.377 e. The Balaban J connectivity index is 2.79. The summed E-state index contributed by atoms with van der Waals surface area (Å²) in [4.78, 5) is 0. The second-order valence-electron chi connectivity index (χ2n) is 4.59. The fourth-order valence-electron chi connectivity index (χ4n) is 1.66. The first-order valence-electron chi connectivity index (χ1n) is 6.34. The molecular formula is C14H21BrClNO. The van der Waals surface area contributed by atoms with E-state index in [4.69, 9.17) is 16.3 Å². The summed E-state index contributed by atoms with van der Waals surface area (Å²) in [6.07, 6.45) is 1.33. The molecule has 1 aromatic rings. The Morgan fingerprint density at radius 2 is 2.06 bits per heavy atom. The normalized spacial score (nSPS) is 13.0. The molecule has 0 heterocycles. The molecule has 4 heteroatoms. The molecule has 1 N–H and O–H groups in total. The average molecular weight is 335 g/mol. The lowest BCUT2D eigenvalue weighted by atomic mass is 10.1. The van der Waals surface area contributed by atoms with Gasteiger partial charge in [0, 0.05) is 9.50 Å². The summed E-state index contributed by atoms with van der Waals surface area (Å²) < 4.78 is 6.71. The summed E-state index contributed by atoms with van der Waals surface area (Å²) >= 11 is 9.57. The number of halogens is 2. The van der Waals surface area contributed by atoms with E-state index in [1.165, 1.54) is 0 Å². The van der Waals surface area contributed by atoms with Crippen LogP contribution >= 0.6 is 27.5 Å². The van der Waals surface area contributed by atoms with Crippen LogP contribution in [0.3, 0.4) is 0 Å². The third-order valence-corrected chi connectivity index (χ3v) is 3.20. The number of hydrogen-bond acceptors (Lipinski definition) is 2. The third-order valence-electron chi connectivity index (χ3n) is 2.52. The Hall–Kier alpha value is -0.0900. The first-order valence-corrected chi connectivity index (χ1v) is 7.51. The second kappa shape index (κ2) is 8.16. The molecule has 0 aliphatic rings. The monoisotopic (exact) mass is 333 g/mol. The lowest BCUT2D eigenvalue weighted by Crippen LogP contribution is -2.27. The molecule has 0 bridgehead atoms. The van der Waals surface area contributed by atoms with Crippen molar-refractivity contribution >= 4 is 27.5 Å². The fraction of sp³-hybridized carbons (Fsp3) is 0.571. The molecule has 0 fully saturated rings. The number of nitrogens with one attached hydrogen (secondary N) is 1. The van der Waals surface area contributed by atoms with Crippen LogP contribution in [0, 0.1) is 0 Å². The molecule has 2 nitrogen and oxygen atoms in total. The van der Waals surface area contributed by atoms with Crippen molar-refractivity contribution in [2.45, 2.75) is 39.3 Å². The first-order chi connectivity index (χ1) is 8.52. The Morgan fingerprint density at radius 1 is 1.33 bits per heavy atom. The molecule has 0 saturated carbocycles. The van der Waals surface area contributed by atoms with Crippen molar-refractivity contribution < 1.29 is 4.74 Å². The maximum absolute atomic E-state index is 6.09. The van der Waals surface area contributed by atoms with Crippen LogP contribution in [-0.4, -0.2) is 19.3 Å². The van der Waals surface area contributed by atoms with Crippen molar-refractivity contribution in [3.8, 4) is 0 Å². The van der Waals surface area contributed by atoms with Crippen LogP contribution in [0.15, 0.2) is 22.7 Å². The van der Waals surface area contributed by atoms with E-state index < -0.39 is 0 Å². The zero-order valence-corrected chi connectivity index (χ0v) is 13.5. The minimum atomic E-state index is 0.183. The SMILES string of the molecule is CCCNC(COC(C)C)c1cc(Cl)cc(Br)c1. The molecule has 0 aliphatic carbocycles.